The molecule has 13 rings (SSSR count). The number of hydrogen-bond acceptors (Lipinski definition) is 3. The Labute approximate surface area is 367 Å². The molecule has 294 valence electrons. The van der Waals surface area contributed by atoms with Crippen LogP contribution in [0.4, 0.5) is 0 Å². The smallest absolute Gasteiger partial charge is 0.160 e. The minimum atomic E-state index is 0.712. The lowest BCUT2D eigenvalue weighted by molar-refractivity contribution is 1.17. The molecule has 0 radical (unpaired) electrons. The van der Waals surface area contributed by atoms with E-state index < -0.39 is 0 Å². The fourth-order valence-corrected chi connectivity index (χ4v) is 10.9. The van der Waals surface area contributed by atoms with Crippen LogP contribution in [0.3, 0.4) is 0 Å². The predicted octanol–water partition coefficient (Wildman–Crippen LogP) is 15.7. The van der Waals surface area contributed by atoms with Crippen LogP contribution in [-0.2, 0) is 0 Å². The molecule has 4 heterocycles. The van der Waals surface area contributed by atoms with Crippen LogP contribution in [0.2, 0.25) is 0 Å². The van der Waals surface area contributed by atoms with E-state index in [4.69, 9.17) is 9.97 Å². The van der Waals surface area contributed by atoms with Gasteiger partial charge in [-0.1, -0.05) is 170 Å². The lowest BCUT2D eigenvalue weighted by Gasteiger charge is -2.20. The summed E-state index contributed by atoms with van der Waals surface area (Å²) < 4.78 is 7.19. The van der Waals surface area contributed by atoms with E-state index in [1.165, 1.54) is 37.3 Å². The van der Waals surface area contributed by atoms with E-state index in [9.17, 15) is 0 Å². The zero-order chi connectivity index (χ0) is 41.4. The Bertz CT molecular complexity index is 3820. The van der Waals surface area contributed by atoms with E-state index in [2.05, 4.69) is 221 Å². The molecule has 0 amide bonds. The molecule has 0 saturated carbocycles. The zero-order valence-electron chi connectivity index (χ0n) is 34.0. The van der Waals surface area contributed by atoms with Crippen LogP contribution in [0.5, 0.6) is 0 Å². The standard InChI is InChI=1S/C58H36N4S/c1-5-19-37(20-6-1)46-35-41(61-49-31-17-14-28-44(49)53-50(61)34-33-43-42-27-13-16-30-48(42)62(56(43)53)40-25-11-4-12-26-40)36-47(38-21-7-2-8-22-38)52(46)55-57-54(45-29-15-18-32-51(45)63-57)59-58(60-55)39-23-9-3-10-24-39/h1-36H. The molecule has 0 bridgehead atoms. The van der Waals surface area contributed by atoms with Crippen LogP contribution < -0.4 is 0 Å². The number of thiophene rings is 1. The van der Waals surface area contributed by atoms with Crippen molar-refractivity contribution in [2.75, 3.05) is 0 Å². The molecule has 0 fully saturated rings. The first-order valence-electron chi connectivity index (χ1n) is 21.3. The molecule has 0 N–H and O–H groups in total. The van der Waals surface area contributed by atoms with E-state index in [-0.39, 0.29) is 0 Å². The van der Waals surface area contributed by atoms with Gasteiger partial charge >= 0.3 is 0 Å². The number of hydrogen-bond donors (Lipinski definition) is 0. The predicted molar refractivity (Wildman–Crippen MR) is 265 cm³/mol. The van der Waals surface area contributed by atoms with Crippen molar-refractivity contribution < 1.29 is 0 Å². The van der Waals surface area contributed by atoms with Crippen molar-refractivity contribution in [3.63, 3.8) is 0 Å². The second-order valence-corrected chi connectivity index (χ2v) is 17.1. The SMILES string of the molecule is c1ccc(-c2nc(-c3c(-c4ccccc4)cc(-n4c5ccccc5c5c4ccc4c6ccccc6n(-c6ccccc6)c45)cc3-c3ccccc3)c3sc4ccccc4c3n2)cc1. The second-order valence-electron chi connectivity index (χ2n) is 16.1. The molecule has 13 aromatic rings. The van der Waals surface area contributed by atoms with Crippen LogP contribution in [0.15, 0.2) is 218 Å². The highest BCUT2D eigenvalue weighted by Crippen LogP contribution is 2.49. The summed E-state index contributed by atoms with van der Waals surface area (Å²) in [5.74, 6) is 0.712. The quantitative estimate of drug-likeness (QED) is 0.167. The van der Waals surface area contributed by atoms with Crippen molar-refractivity contribution >= 4 is 75.3 Å². The molecular weight excluding hydrogens is 785 g/mol. The van der Waals surface area contributed by atoms with Gasteiger partial charge in [0.1, 0.15) is 0 Å². The van der Waals surface area contributed by atoms with Crippen LogP contribution in [0.1, 0.15) is 0 Å². The summed E-state index contributed by atoms with van der Waals surface area (Å²) in [5, 5.41) is 6.05. The third kappa shape index (κ3) is 5.53. The lowest BCUT2D eigenvalue weighted by atomic mass is 9.88. The van der Waals surface area contributed by atoms with Gasteiger partial charge in [-0.25, -0.2) is 9.97 Å². The monoisotopic (exact) mass is 820 g/mol. The van der Waals surface area contributed by atoms with Crippen molar-refractivity contribution in [3.05, 3.63) is 218 Å². The molecule has 0 aliphatic rings. The Kier molecular flexibility index (Phi) is 8.05. The number of fused-ring (bicyclic) bond motifs is 10. The maximum atomic E-state index is 5.58. The average molecular weight is 821 g/mol. The van der Waals surface area contributed by atoms with Gasteiger partial charge in [-0.3, -0.25) is 0 Å². The van der Waals surface area contributed by atoms with E-state index >= 15 is 0 Å². The first-order chi connectivity index (χ1) is 31.3. The third-order valence-corrected chi connectivity index (χ3v) is 13.7. The Hall–Kier alpha value is -8.12. The van der Waals surface area contributed by atoms with Gasteiger partial charge in [0.25, 0.3) is 0 Å². The van der Waals surface area contributed by atoms with E-state index in [1.807, 2.05) is 6.07 Å². The van der Waals surface area contributed by atoms with Gasteiger partial charge in [-0.2, -0.15) is 0 Å². The largest absolute Gasteiger partial charge is 0.309 e. The molecule has 4 nitrogen and oxygen atoms in total. The van der Waals surface area contributed by atoms with Gasteiger partial charge < -0.3 is 9.13 Å². The van der Waals surface area contributed by atoms with Crippen molar-refractivity contribution in [1.82, 2.24) is 19.1 Å². The molecule has 4 aromatic heterocycles. The van der Waals surface area contributed by atoms with Crippen LogP contribution >= 0.6 is 11.3 Å². The average Bonchev–Trinajstić information content (AvgIpc) is 4.02. The first-order valence-corrected chi connectivity index (χ1v) is 22.2. The first kappa shape index (κ1) is 35.6. The van der Waals surface area contributed by atoms with Crippen LogP contribution in [0, 0.1) is 0 Å². The highest BCUT2D eigenvalue weighted by molar-refractivity contribution is 7.26. The molecule has 0 aliphatic carbocycles. The van der Waals surface area contributed by atoms with Gasteiger partial charge in [-0.05, 0) is 70.8 Å². The van der Waals surface area contributed by atoms with E-state index in [0.29, 0.717) is 5.82 Å². The number of nitrogens with zero attached hydrogens (tertiary/aromatic N) is 4. The second kappa shape index (κ2) is 14.2. The molecule has 5 heteroatoms. The Morgan fingerprint density at radius 3 is 1.59 bits per heavy atom. The molecule has 0 unspecified atom stereocenters. The normalized spacial score (nSPS) is 11.8. The summed E-state index contributed by atoms with van der Waals surface area (Å²) in [7, 11) is 0. The van der Waals surface area contributed by atoms with Gasteiger partial charge in [0.2, 0.25) is 0 Å². The molecule has 63 heavy (non-hydrogen) atoms. The Balaban J connectivity index is 1.19. The molecule has 0 aliphatic heterocycles. The number of para-hydroxylation sites is 3. The highest BCUT2D eigenvalue weighted by atomic mass is 32.1. The Morgan fingerprint density at radius 1 is 0.381 bits per heavy atom. The van der Waals surface area contributed by atoms with E-state index in [1.54, 1.807) is 11.3 Å². The van der Waals surface area contributed by atoms with Crippen LogP contribution in [-0.4, -0.2) is 19.1 Å². The fraction of sp³-hybridized carbons (Fsp3) is 0. The van der Waals surface area contributed by atoms with Crippen LogP contribution in [0.25, 0.3) is 120 Å². The maximum Gasteiger partial charge on any atom is 0.160 e. The van der Waals surface area contributed by atoms with Gasteiger partial charge in [0.05, 0.1) is 38.0 Å². The van der Waals surface area contributed by atoms with Crippen molar-refractivity contribution in [3.8, 4) is 56.3 Å². The summed E-state index contributed by atoms with van der Waals surface area (Å²) in [5.41, 5.74) is 15.3. The summed E-state index contributed by atoms with van der Waals surface area (Å²) in [6.45, 7) is 0. The summed E-state index contributed by atoms with van der Waals surface area (Å²) in [4.78, 5) is 10.9. The highest BCUT2D eigenvalue weighted by Gasteiger charge is 2.26. The molecular formula is C58H36N4S. The molecule has 0 atom stereocenters. The fourth-order valence-electron chi connectivity index (χ4n) is 9.81. The Morgan fingerprint density at radius 2 is 0.921 bits per heavy atom. The van der Waals surface area contributed by atoms with Gasteiger partial charge in [-0.15, -0.1) is 11.3 Å². The molecule has 0 saturated heterocycles. The minimum Gasteiger partial charge on any atom is -0.309 e. The maximum absolute atomic E-state index is 5.58. The zero-order valence-corrected chi connectivity index (χ0v) is 34.8. The number of aromatic nitrogens is 4. The molecule has 9 aromatic carbocycles. The van der Waals surface area contributed by atoms with E-state index in [0.717, 1.165) is 77.1 Å². The molecule has 0 spiro atoms. The summed E-state index contributed by atoms with van der Waals surface area (Å²) in [6.07, 6.45) is 0. The third-order valence-electron chi connectivity index (χ3n) is 12.5. The van der Waals surface area contributed by atoms with Crippen molar-refractivity contribution in [1.29, 1.82) is 0 Å². The van der Waals surface area contributed by atoms with Gasteiger partial charge in [0.15, 0.2) is 5.82 Å². The number of rotatable bonds is 6. The lowest BCUT2D eigenvalue weighted by Crippen LogP contribution is -2.01. The summed E-state index contributed by atoms with van der Waals surface area (Å²) >= 11 is 1.77. The topological polar surface area (TPSA) is 35.6 Å². The number of benzene rings is 9. The summed E-state index contributed by atoms with van der Waals surface area (Å²) in [6, 6.07) is 78.5. The van der Waals surface area contributed by atoms with Crippen molar-refractivity contribution in [2.24, 2.45) is 0 Å². The minimum absolute atomic E-state index is 0.712. The van der Waals surface area contributed by atoms with Gasteiger partial charge in [0, 0.05) is 54.1 Å². The van der Waals surface area contributed by atoms with Crippen molar-refractivity contribution in [2.45, 2.75) is 0 Å².